The predicted octanol–water partition coefficient (Wildman–Crippen LogP) is 5.20. The molecule has 1 amide bonds. The monoisotopic (exact) mass is 373 g/mol. The van der Waals surface area contributed by atoms with Crippen molar-refractivity contribution in [3.63, 3.8) is 0 Å². The summed E-state index contributed by atoms with van der Waals surface area (Å²) < 4.78 is 3.59. The first-order valence-corrected chi connectivity index (χ1v) is 8.82. The lowest BCUT2D eigenvalue weighted by Gasteiger charge is -2.35. The predicted molar refractivity (Wildman–Crippen MR) is 93.9 cm³/mol. The van der Waals surface area contributed by atoms with Crippen molar-refractivity contribution in [2.24, 2.45) is 0 Å². The molecule has 6 heteroatoms. The third kappa shape index (κ3) is 4.34. The van der Waals surface area contributed by atoms with Gasteiger partial charge in [0.25, 0.3) is 0 Å². The minimum absolute atomic E-state index is 0.187. The highest BCUT2D eigenvalue weighted by Gasteiger charge is 2.42. The molecule has 1 aromatic carbocycles. The fourth-order valence-electron chi connectivity index (χ4n) is 3.47. The molecule has 0 aliphatic carbocycles. The van der Waals surface area contributed by atoms with E-state index in [1.165, 1.54) is 11.1 Å². The second-order valence-electron chi connectivity index (χ2n) is 6.08. The van der Waals surface area contributed by atoms with E-state index in [4.69, 9.17) is 39.5 Å². The van der Waals surface area contributed by atoms with E-state index in [9.17, 15) is 4.79 Å². The van der Waals surface area contributed by atoms with Gasteiger partial charge in [0.15, 0.2) is 0 Å². The molecule has 2 aliphatic rings. The van der Waals surface area contributed by atoms with E-state index in [0.717, 1.165) is 25.7 Å². The number of rotatable bonds is 2. The van der Waals surface area contributed by atoms with Gasteiger partial charge in [-0.2, -0.15) is 0 Å². The van der Waals surface area contributed by atoms with Crippen molar-refractivity contribution in [2.45, 2.75) is 41.6 Å². The van der Waals surface area contributed by atoms with Crippen LogP contribution in [0.4, 0.5) is 4.79 Å². The Morgan fingerprint density at radius 1 is 1.17 bits per heavy atom. The van der Waals surface area contributed by atoms with Gasteiger partial charge in [0, 0.05) is 12.1 Å². The van der Waals surface area contributed by atoms with Crippen molar-refractivity contribution >= 4 is 47.0 Å². The van der Waals surface area contributed by atoms with Crippen LogP contribution in [0.3, 0.4) is 0 Å². The van der Waals surface area contributed by atoms with Crippen molar-refractivity contribution in [3.8, 4) is 0 Å². The van der Waals surface area contributed by atoms with Gasteiger partial charge in [-0.3, -0.25) is 0 Å². The van der Waals surface area contributed by atoms with E-state index in [-0.39, 0.29) is 24.8 Å². The maximum Gasteiger partial charge on any atom is 0.410 e. The zero-order valence-electron chi connectivity index (χ0n) is 12.6. The number of hydrogen-bond donors (Lipinski definition) is 0. The number of halogens is 3. The number of amides is 1. The number of hydrogen-bond acceptors (Lipinski definition) is 2. The number of fused-ring (bicyclic) bond motifs is 2. The zero-order chi connectivity index (χ0) is 16.4. The summed E-state index contributed by atoms with van der Waals surface area (Å²) in [6.45, 7) is -0.223. The van der Waals surface area contributed by atoms with Crippen LogP contribution in [0.15, 0.2) is 35.9 Å². The minimum atomic E-state index is -1.57. The topological polar surface area (TPSA) is 29.5 Å². The summed E-state index contributed by atoms with van der Waals surface area (Å²) in [5, 5.41) is 0. The highest BCUT2D eigenvalue weighted by atomic mass is 35.6. The lowest BCUT2D eigenvalue weighted by molar-refractivity contribution is 0.0789. The summed E-state index contributed by atoms with van der Waals surface area (Å²) in [7, 11) is 0. The molecule has 2 saturated heterocycles. The molecule has 3 nitrogen and oxygen atoms in total. The van der Waals surface area contributed by atoms with Crippen LogP contribution >= 0.6 is 34.8 Å². The van der Waals surface area contributed by atoms with E-state index in [0.29, 0.717) is 0 Å². The first-order chi connectivity index (χ1) is 10.9. The minimum Gasteiger partial charge on any atom is -0.445 e. The number of benzene rings is 1. The Balaban J connectivity index is 1.65. The van der Waals surface area contributed by atoms with Crippen LogP contribution < -0.4 is 0 Å². The molecule has 2 heterocycles. The molecule has 1 aromatic rings. The number of carbonyl (C=O) groups is 1. The molecule has 23 heavy (non-hydrogen) atoms. The fraction of sp³-hybridized carbons (Fsp3) is 0.471. The van der Waals surface area contributed by atoms with Crippen molar-refractivity contribution in [1.29, 1.82) is 0 Å². The standard InChI is InChI=1S/C17H18Cl3NO2/c18-17(19,20)11-23-16(22)21-14-6-7-15(21)10-13(9-14)8-12-4-2-1-3-5-12/h1-5,8,14-15H,6-7,9-11H2. The second kappa shape index (κ2) is 6.92. The maximum atomic E-state index is 12.3. The third-order valence-corrected chi connectivity index (χ3v) is 4.68. The lowest BCUT2D eigenvalue weighted by atomic mass is 9.95. The number of nitrogens with zero attached hydrogens (tertiary/aromatic N) is 1. The van der Waals surface area contributed by atoms with E-state index >= 15 is 0 Å². The molecule has 2 aliphatic heterocycles. The largest absolute Gasteiger partial charge is 0.445 e. The fourth-order valence-corrected chi connectivity index (χ4v) is 3.63. The van der Waals surface area contributed by atoms with E-state index in [1.807, 2.05) is 23.1 Å². The molecular formula is C17H18Cl3NO2. The Hall–Kier alpha value is -0.900. The molecule has 2 unspecified atom stereocenters. The summed E-state index contributed by atoms with van der Waals surface area (Å²) in [6.07, 6.45) is 5.62. The molecule has 2 bridgehead atoms. The van der Waals surface area contributed by atoms with E-state index in [2.05, 4.69) is 18.2 Å². The molecule has 0 saturated carbocycles. The van der Waals surface area contributed by atoms with Crippen molar-refractivity contribution in [3.05, 3.63) is 41.5 Å². The van der Waals surface area contributed by atoms with Gasteiger partial charge in [-0.1, -0.05) is 76.8 Å². The molecule has 3 rings (SSSR count). The number of carbonyl (C=O) groups excluding carboxylic acids is 1. The Bertz CT molecular complexity index is 582. The van der Waals surface area contributed by atoms with Gasteiger partial charge in [-0.05, 0) is 31.2 Å². The van der Waals surface area contributed by atoms with Gasteiger partial charge < -0.3 is 9.64 Å². The van der Waals surface area contributed by atoms with Crippen LogP contribution in [-0.4, -0.2) is 33.5 Å². The SMILES string of the molecule is O=C(OCC(Cl)(Cl)Cl)N1C2CCC1CC(=Cc1ccccc1)C2. The normalized spacial score (nSPS) is 23.8. The zero-order valence-corrected chi connectivity index (χ0v) is 14.8. The maximum absolute atomic E-state index is 12.3. The van der Waals surface area contributed by atoms with Crippen molar-refractivity contribution in [2.75, 3.05) is 6.61 Å². The Morgan fingerprint density at radius 2 is 1.78 bits per heavy atom. The number of alkyl halides is 3. The quantitative estimate of drug-likeness (QED) is 0.666. The molecular weight excluding hydrogens is 357 g/mol. The van der Waals surface area contributed by atoms with Gasteiger partial charge in [0.2, 0.25) is 3.79 Å². The summed E-state index contributed by atoms with van der Waals surface area (Å²) >= 11 is 16.9. The first-order valence-electron chi connectivity index (χ1n) is 7.69. The van der Waals surface area contributed by atoms with E-state index < -0.39 is 3.79 Å². The average Bonchev–Trinajstić information content (AvgIpc) is 2.77. The van der Waals surface area contributed by atoms with Crippen LogP contribution in [0.5, 0.6) is 0 Å². The van der Waals surface area contributed by atoms with Gasteiger partial charge in [-0.25, -0.2) is 4.79 Å². The summed E-state index contributed by atoms with van der Waals surface area (Å²) in [5.74, 6) is 0. The molecule has 2 atom stereocenters. The molecule has 0 aromatic heterocycles. The van der Waals surface area contributed by atoms with Crippen molar-refractivity contribution < 1.29 is 9.53 Å². The van der Waals surface area contributed by atoms with Crippen LogP contribution in [0, 0.1) is 0 Å². The van der Waals surface area contributed by atoms with Crippen LogP contribution in [0.25, 0.3) is 6.08 Å². The smallest absolute Gasteiger partial charge is 0.410 e. The average molecular weight is 375 g/mol. The molecule has 2 fully saturated rings. The lowest BCUT2D eigenvalue weighted by Crippen LogP contribution is -2.45. The van der Waals surface area contributed by atoms with Gasteiger partial charge in [-0.15, -0.1) is 0 Å². The summed E-state index contributed by atoms with van der Waals surface area (Å²) in [6, 6.07) is 10.6. The van der Waals surface area contributed by atoms with Crippen LogP contribution in [0.1, 0.15) is 31.2 Å². The Morgan fingerprint density at radius 3 is 2.35 bits per heavy atom. The molecule has 124 valence electrons. The summed E-state index contributed by atoms with van der Waals surface area (Å²) in [5.41, 5.74) is 2.59. The second-order valence-corrected chi connectivity index (χ2v) is 8.60. The number of ether oxygens (including phenoxy) is 1. The Kier molecular flexibility index (Phi) is 5.10. The van der Waals surface area contributed by atoms with Gasteiger partial charge >= 0.3 is 6.09 Å². The highest BCUT2D eigenvalue weighted by Crippen LogP contribution is 2.39. The summed E-state index contributed by atoms with van der Waals surface area (Å²) in [4.78, 5) is 14.1. The van der Waals surface area contributed by atoms with Crippen LogP contribution in [-0.2, 0) is 4.74 Å². The highest BCUT2D eigenvalue weighted by molar-refractivity contribution is 6.67. The number of piperidine rings is 1. The van der Waals surface area contributed by atoms with Crippen LogP contribution in [0.2, 0.25) is 0 Å². The molecule has 0 radical (unpaired) electrons. The van der Waals surface area contributed by atoms with Gasteiger partial charge in [0.05, 0.1) is 0 Å². The van der Waals surface area contributed by atoms with Gasteiger partial charge in [0.1, 0.15) is 6.61 Å². The first kappa shape index (κ1) is 16.9. The molecule has 0 N–H and O–H groups in total. The third-order valence-electron chi connectivity index (χ3n) is 4.36. The molecule has 0 spiro atoms. The van der Waals surface area contributed by atoms with Crippen molar-refractivity contribution in [1.82, 2.24) is 4.90 Å². The Labute approximate surface area is 151 Å². The van der Waals surface area contributed by atoms with E-state index in [1.54, 1.807) is 0 Å².